The van der Waals surface area contributed by atoms with Crippen molar-refractivity contribution in [2.45, 2.75) is 6.92 Å². The molecule has 0 aliphatic carbocycles. The third-order valence-corrected chi connectivity index (χ3v) is 1.06. The fraction of sp³-hybridized carbons (Fsp3) is 0.400. The van der Waals surface area contributed by atoms with Crippen molar-refractivity contribution in [1.29, 1.82) is 0 Å². The number of hydrogen-bond donors (Lipinski definition) is 1. The van der Waals surface area contributed by atoms with Crippen LogP contribution in [0.4, 0.5) is 0 Å². The second-order valence-corrected chi connectivity index (χ2v) is 2.37. The third kappa shape index (κ3) is 5.71. The Morgan fingerprint density at radius 1 is 1.82 bits per heavy atom. The van der Waals surface area contributed by atoms with Gasteiger partial charge in [0.2, 0.25) is 0 Å². The molecule has 0 aliphatic rings. The lowest BCUT2D eigenvalue weighted by atomic mass is 10.7. The molecule has 0 aliphatic heterocycles. The lowest BCUT2D eigenvalue weighted by Gasteiger charge is -1.87. The molecule has 0 amide bonds. The van der Waals surface area contributed by atoms with E-state index in [4.69, 9.17) is 8.76 Å². The van der Waals surface area contributed by atoms with E-state index in [0.717, 1.165) is 5.82 Å². The number of nitrogens with two attached hydrogens (primary N) is 1. The van der Waals surface area contributed by atoms with Gasteiger partial charge in [-0.05, 0) is 6.92 Å². The molecule has 0 radical (unpaired) electrons. The van der Waals surface area contributed by atoms with E-state index in [2.05, 4.69) is 10.1 Å². The number of rotatable bonds is 0. The van der Waals surface area contributed by atoms with Gasteiger partial charge in [0.1, 0.15) is 5.82 Å². The molecule has 1 atom stereocenters. The van der Waals surface area contributed by atoms with E-state index in [1.165, 1.54) is 0 Å². The average molecular weight is 176 g/mol. The van der Waals surface area contributed by atoms with Crippen LogP contribution in [0, 0.1) is 6.92 Å². The predicted molar refractivity (Wildman–Crippen MR) is 41.1 cm³/mol. The standard InChI is InChI=1S/C5H8N2.H3NO2S/c1-5-6-3-4-7(5)2;1-4(2)3/h3-4H,1-2H3;1H2,(H,2,3)/p-1. The summed E-state index contributed by atoms with van der Waals surface area (Å²) in [5, 5.41) is 4.03. The minimum absolute atomic E-state index is 1.06. The molecule has 0 saturated heterocycles. The minimum Gasteiger partial charge on any atom is -0.760 e. The van der Waals surface area contributed by atoms with Gasteiger partial charge < -0.3 is 9.12 Å². The maximum absolute atomic E-state index is 8.78. The summed E-state index contributed by atoms with van der Waals surface area (Å²) in [5.41, 5.74) is 0. The fourth-order valence-corrected chi connectivity index (χ4v) is 0.440. The molecule has 0 bridgehead atoms. The molecule has 1 heterocycles. The maximum atomic E-state index is 8.78. The van der Waals surface area contributed by atoms with Crippen LogP contribution in [0.25, 0.3) is 0 Å². The van der Waals surface area contributed by atoms with Crippen molar-refractivity contribution in [3.63, 3.8) is 0 Å². The number of aromatic nitrogens is 2. The summed E-state index contributed by atoms with van der Waals surface area (Å²) in [5.74, 6) is 1.06. The number of aryl methyl sites for hydroxylation is 2. The summed E-state index contributed by atoms with van der Waals surface area (Å²) in [4.78, 5) is 3.98. The van der Waals surface area contributed by atoms with Crippen LogP contribution in [0.2, 0.25) is 0 Å². The normalized spacial score (nSPS) is 11.6. The molecule has 2 N–H and O–H groups in total. The number of hydrogen-bond acceptors (Lipinski definition) is 3. The van der Waals surface area contributed by atoms with E-state index < -0.39 is 11.3 Å². The summed E-state index contributed by atoms with van der Waals surface area (Å²) in [7, 11) is 1.97. The fourth-order valence-electron chi connectivity index (χ4n) is 0.440. The Labute approximate surface area is 67.7 Å². The van der Waals surface area contributed by atoms with Crippen molar-refractivity contribution in [2.24, 2.45) is 12.2 Å². The summed E-state index contributed by atoms with van der Waals surface area (Å²) in [6.45, 7) is 1.97. The SMILES string of the molecule is Cc1nccn1C.NS(=O)[O-]. The number of imidazole rings is 1. The van der Waals surface area contributed by atoms with Crippen molar-refractivity contribution < 1.29 is 8.76 Å². The zero-order valence-corrected chi connectivity index (χ0v) is 7.17. The van der Waals surface area contributed by atoms with Crippen LogP contribution in [0.5, 0.6) is 0 Å². The van der Waals surface area contributed by atoms with E-state index in [1.807, 2.05) is 24.7 Å². The summed E-state index contributed by atoms with van der Waals surface area (Å²) >= 11 is -2.36. The van der Waals surface area contributed by atoms with E-state index in [-0.39, 0.29) is 0 Å². The lowest BCUT2D eigenvalue weighted by molar-refractivity contribution is 0.539. The molecule has 0 spiro atoms. The molecule has 1 aromatic rings. The van der Waals surface area contributed by atoms with Crippen molar-refractivity contribution in [2.75, 3.05) is 0 Å². The Morgan fingerprint density at radius 3 is 2.36 bits per heavy atom. The van der Waals surface area contributed by atoms with Crippen LogP contribution in [-0.2, 0) is 18.3 Å². The molecule has 1 unspecified atom stereocenters. The van der Waals surface area contributed by atoms with Crippen molar-refractivity contribution >= 4 is 11.3 Å². The largest absolute Gasteiger partial charge is 0.760 e. The van der Waals surface area contributed by atoms with Crippen molar-refractivity contribution in [1.82, 2.24) is 9.55 Å². The molecular formula is C5H10N3O2S-. The Morgan fingerprint density at radius 2 is 2.27 bits per heavy atom. The number of nitrogens with zero attached hydrogens (tertiary/aromatic N) is 2. The van der Waals surface area contributed by atoms with Gasteiger partial charge in [-0.25, -0.2) is 4.98 Å². The van der Waals surface area contributed by atoms with Crippen molar-refractivity contribution in [3.05, 3.63) is 18.2 Å². The smallest absolute Gasteiger partial charge is 0.105 e. The first-order valence-electron chi connectivity index (χ1n) is 2.81. The minimum atomic E-state index is -2.36. The Bertz CT molecular complexity index is 215. The van der Waals surface area contributed by atoms with Gasteiger partial charge in [0.25, 0.3) is 0 Å². The van der Waals surface area contributed by atoms with E-state index in [1.54, 1.807) is 6.20 Å². The highest BCUT2D eigenvalue weighted by Gasteiger charge is 1.83. The highest BCUT2D eigenvalue weighted by atomic mass is 32.2. The van der Waals surface area contributed by atoms with Gasteiger partial charge in [-0.15, -0.1) is 0 Å². The van der Waals surface area contributed by atoms with Gasteiger partial charge in [0, 0.05) is 30.7 Å². The summed E-state index contributed by atoms with van der Waals surface area (Å²) in [6, 6.07) is 0. The van der Waals surface area contributed by atoms with Gasteiger partial charge in [0.15, 0.2) is 0 Å². The van der Waals surface area contributed by atoms with Gasteiger partial charge in [0.05, 0.1) is 0 Å². The molecular weight excluding hydrogens is 166 g/mol. The molecule has 0 saturated carbocycles. The van der Waals surface area contributed by atoms with Crippen molar-refractivity contribution in [3.8, 4) is 0 Å². The first-order chi connectivity index (χ1) is 5.04. The summed E-state index contributed by atoms with van der Waals surface area (Å²) < 4.78 is 19.5. The van der Waals surface area contributed by atoms with Crippen LogP contribution < -0.4 is 5.14 Å². The van der Waals surface area contributed by atoms with Gasteiger partial charge in [-0.2, -0.15) is 0 Å². The van der Waals surface area contributed by atoms with Crippen LogP contribution in [0.1, 0.15) is 5.82 Å². The predicted octanol–water partition coefficient (Wildman–Crippen LogP) is -0.532. The van der Waals surface area contributed by atoms with Crippen LogP contribution >= 0.6 is 0 Å². The topological polar surface area (TPSA) is 84.0 Å². The van der Waals surface area contributed by atoms with Gasteiger partial charge >= 0.3 is 0 Å². The highest BCUT2D eigenvalue weighted by molar-refractivity contribution is 7.76. The zero-order valence-electron chi connectivity index (χ0n) is 6.35. The van der Waals surface area contributed by atoms with Gasteiger partial charge in [-0.3, -0.25) is 9.35 Å². The van der Waals surface area contributed by atoms with Crippen LogP contribution in [0.3, 0.4) is 0 Å². The van der Waals surface area contributed by atoms with Gasteiger partial charge in [-0.1, -0.05) is 0 Å². The lowest BCUT2D eigenvalue weighted by Crippen LogP contribution is -1.97. The highest BCUT2D eigenvalue weighted by Crippen LogP contribution is 1.86. The Kier molecular flexibility index (Phi) is 4.67. The third-order valence-electron chi connectivity index (χ3n) is 1.06. The molecule has 0 aromatic carbocycles. The quantitative estimate of drug-likeness (QED) is 0.539. The van der Waals surface area contributed by atoms with E-state index in [9.17, 15) is 0 Å². The molecule has 0 fully saturated rings. The molecule has 6 heteroatoms. The van der Waals surface area contributed by atoms with Crippen LogP contribution in [0.15, 0.2) is 12.4 Å². The molecule has 1 rings (SSSR count). The molecule has 1 aromatic heterocycles. The second-order valence-electron chi connectivity index (χ2n) is 1.85. The average Bonchev–Trinajstić information content (AvgIpc) is 2.15. The van der Waals surface area contributed by atoms with Crippen LogP contribution in [-0.4, -0.2) is 18.3 Å². The monoisotopic (exact) mass is 176 g/mol. The first-order valence-corrected chi connectivity index (χ1v) is 3.95. The van der Waals surface area contributed by atoms with E-state index in [0.29, 0.717) is 0 Å². The zero-order chi connectivity index (χ0) is 8.85. The molecule has 11 heavy (non-hydrogen) atoms. The summed E-state index contributed by atoms with van der Waals surface area (Å²) in [6.07, 6.45) is 3.71. The molecule has 64 valence electrons. The Balaban J connectivity index is 0.000000218. The maximum Gasteiger partial charge on any atom is 0.105 e. The Hall–Kier alpha value is -0.720. The first kappa shape index (κ1) is 10.3. The molecule has 5 nitrogen and oxygen atoms in total. The van der Waals surface area contributed by atoms with E-state index >= 15 is 0 Å². The second kappa shape index (κ2) is 5.00.